The first-order valence-electron chi connectivity index (χ1n) is 5.91. The zero-order valence-electron chi connectivity index (χ0n) is 9.78. The Kier molecular flexibility index (Phi) is 3.80. The average Bonchev–Trinajstić information content (AvgIpc) is 3.15. The standard InChI is InChI=1S/C13H20N2O/c1-16-13-6-2-10(3-7-13)11(8-14)9-15-12-4-5-12/h2-3,6-7,11-12,15H,4-5,8-9,14H2,1H3. The Balaban J connectivity index is 1.94. The molecule has 0 radical (unpaired) electrons. The summed E-state index contributed by atoms with van der Waals surface area (Å²) in [7, 11) is 1.68. The van der Waals surface area contributed by atoms with Crippen molar-refractivity contribution in [3.8, 4) is 5.75 Å². The quantitative estimate of drug-likeness (QED) is 0.763. The van der Waals surface area contributed by atoms with Gasteiger partial charge < -0.3 is 15.8 Å². The van der Waals surface area contributed by atoms with E-state index in [2.05, 4.69) is 17.4 Å². The topological polar surface area (TPSA) is 47.3 Å². The first kappa shape index (κ1) is 11.4. The molecule has 0 heterocycles. The number of ether oxygens (including phenoxy) is 1. The maximum absolute atomic E-state index is 5.81. The summed E-state index contributed by atoms with van der Waals surface area (Å²) >= 11 is 0. The lowest BCUT2D eigenvalue weighted by Crippen LogP contribution is -2.28. The van der Waals surface area contributed by atoms with Gasteiger partial charge in [-0.15, -0.1) is 0 Å². The van der Waals surface area contributed by atoms with Gasteiger partial charge in [0.15, 0.2) is 0 Å². The Morgan fingerprint density at radius 3 is 2.56 bits per heavy atom. The summed E-state index contributed by atoms with van der Waals surface area (Å²) in [6.45, 7) is 1.67. The molecule has 0 amide bonds. The molecule has 1 aliphatic carbocycles. The zero-order valence-corrected chi connectivity index (χ0v) is 9.78. The van der Waals surface area contributed by atoms with Gasteiger partial charge in [0.2, 0.25) is 0 Å². The second-order valence-electron chi connectivity index (χ2n) is 4.39. The zero-order chi connectivity index (χ0) is 11.4. The maximum atomic E-state index is 5.81. The van der Waals surface area contributed by atoms with Crippen LogP contribution in [0.1, 0.15) is 24.3 Å². The van der Waals surface area contributed by atoms with Crippen LogP contribution < -0.4 is 15.8 Å². The second-order valence-corrected chi connectivity index (χ2v) is 4.39. The van der Waals surface area contributed by atoms with Crippen molar-refractivity contribution < 1.29 is 4.74 Å². The summed E-state index contributed by atoms with van der Waals surface area (Å²) in [5, 5.41) is 3.52. The third kappa shape index (κ3) is 2.97. The smallest absolute Gasteiger partial charge is 0.118 e. The van der Waals surface area contributed by atoms with Crippen LogP contribution >= 0.6 is 0 Å². The Labute approximate surface area is 97.0 Å². The average molecular weight is 220 g/mol. The predicted molar refractivity (Wildman–Crippen MR) is 65.8 cm³/mol. The Morgan fingerprint density at radius 1 is 1.38 bits per heavy atom. The number of benzene rings is 1. The molecule has 0 aromatic heterocycles. The van der Waals surface area contributed by atoms with Crippen molar-refractivity contribution in [2.45, 2.75) is 24.8 Å². The Hall–Kier alpha value is -1.06. The van der Waals surface area contributed by atoms with Crippen molar-refractivity contribution in [2.24, 2.45) is 5.73 Å². The molecular formula is C13H20N2O. The van der Waals surface area contributed by atoms with Gasteiger partial charge in [-0.1, -0.05) is 12.1 Å². The van der Waals surface area contributed by atoms with Gasteiger partial charge in [0, 0.05) is 25.0 Å². The van der Waals surface area contributed by atoms with Crippen LogP contribution in [-0.4, -0.2) is 26.2 Å². The van der Waals surface area contributed by atoms with E-state index in [4.69, 9.17) is 10.5 Å². The Bertz CT molecular complexity index is 319. The van der Waals surface area contributed by atoms with Crippen molar-refractivity contribution in [2.75, 3.05) is 20.2 Å². The first-order chi connectivity index (χ1) is 7.83. The van der Waals surface area contributed by atoms with Crippen LogP contribution in [0.3, 0.4) is 0 Å². The third-order valence-corrected chi connectivity index (χ3v) is 3.10. The molecule has 3 N–H and O–H groups in total. The van der Waals surface area contributed by atoms with Gasteiger partial charge in [-0.25, -0.2) is 0 Å². The van der Waals surface area contributed by atoms with Gasteiger partial charge in [0.25, 0.3) is 0 Å². The van der Waals surface area contributed by atoms with Crippen molar-refractivity contribution in [1.29, 1.82) is 0 Å². The van der Waals surface area contributed by atoms with Crippen molar-refractivity contribution in [3.05, 3.63) is 29.8 Å². The highest BCUT2D eigenvalue weighted by Crippen LogP contribution is 2.22. The summed E-state index contributed by atoms with van der Waals surface area (Å²) in [4.78, 5) is 0. The summed E-state index contributed by atoms with van der Waals surface area (Å²) < 4.78 is 5.14. The largest absolute Gasteiger partial charge is 0.497 e. The van der Waals surface area contributed by atoms with Gasteiger partial charge in [0.05, 0.1) is 7.11 Å². The van der Waals surface area contributed by atoms with E-state index in [1.165, 1.54) is 18.4 Å². The number of nitrogens with two attached hydrogens (primary N) is 1. The molecule has 3 heteroatoms. The van der Waals surface area contributed by atoms with Crippen molar-refractivity contribution in [1.82, 2.24) is 5.32 Å². The molecular weight excluding hydrogens is 200 g/mol. The monoisotopic (exact) mass is 220 g/mol. The molecule has 1 saturated carbocycles. The molecule has 0 bridgehead atoms. The highest BCUT2D eigenvalue weighted by molar-refractivity contribution is 5.29. The van der Waals surface area contributed by atoms with Crippen LogP contribution in [0.15, 0.2) is 24.3 Å². The van der Waals surface area contributed by atoms with Gasteiger partial charge in [-0.05, 0) is 30.5 Å². The lowest BCUT2D eigenvalue weighted by molar-refractivity contribution is 0.414. The normalized spacial score (nSPS) is 17.1. The fraction of sp³-hybridized carbons (Fsp3) is 0.538. The van der Waals surface area contributed by atoms with Crippen molar-refractivity contribution in [3.63, 3.8) is 0 Å². The number of hydrogen-bond acceptors (Lipinski definition) is 3. The summed E-state index contributed by atoms with van der Waals surface area (Å²) in [5.74, 6) is 1.31. The van der Waals surface area contributed by atoms with Crippen LogP contribution in [0.5, 0.6) is 5.75 Å². The van der Waals surface area contributed by atoms with Gasteiger partial charge >= 0.3 is 0 Å². The van der Waals surface area contributed by atoms with Gasteiger partial charge in [0.1, 0.15) is 5.75 Å². The van der Waals surface area contributed by atoms with Crippen LogP contribution in [0, 0.1) is 0 Å². The lowest BCUT2D eigenvalue weighted by Gasteiger charge is -2.16. The highest BCUT2D eigenvalue weighted by Gasteiger charge is 2.21. The van der Waals surface area contributed by atoms with E-state index in [9.17, 15) is 0 Å². The minimum absolute atomic E-state index is 0.409. The van der Waals surface area contributed by atoms with Gasteiger partial charge in [-0.3, -0.25) is 0 Å². The molecule has 1 atom stereocenters. The third-order valence-electron chi connectivity index (χ3n) is 3.10. The summed E-state index contributed by atoms with van der Waals surface area (Å²) in [6.07, 6.45) is 2.64. The molecule has 16 heavy (non-hydrogen) atoms. The van der Waals surface area contributed by atoms with E-state index >= 15 is 0 Å². The maximum Gasteiger partial charge on any atom is 0.118 e. The van der Waals surface area contributed by atoms with Gasteiger partial charge in [-0.2, -0.15) is 0 Å². The van der Waals surface area contributed by atoms with E-state index in [-0.39, 0.29) is 0 Å². The SMILES string of the molecule is COc1ccc(C(CN)CNC2CC2)cc1. The molecule has 0 aliphatic heterocycles. The summed E-state index contributed by atoms with van der Waals surface area (Å²) in [5.41, 5.74) is 7.10. The fourth-order valence-electron chi connectivity index (χ4n) is 1.81. The fourth-order valence-corrected chi connectivity index (χ4v) is 1.81. The molecule has 0 saturated heterocycles. The molecule has 1 unspecified atom stereocenters. The summed E-state index contributed by atoms with van der Waals surface area (Å²) in [6, 6.07) is 8.94. The van der Waals surface area contributed by atoms with E-state index in [1.54, 1.807) is 7.11 Å². The molecule has 0 spiro atoms. The van der Waals surface area contributed by atoms with E-state index in [1.807, 2.05) is 12.1 Å². The second kappa shape index (κ2) is 5.32. The van der Waals surface area contributed by atoms with Crippen LogP contribution in [-0.2, 0) is 0 Å². The lowest BCUT2D eigenvalue weighted by atomic mass is 9.99. The van der Waals surface area contributed by atoms with Crippen LogP contribution in [0.4, 0.5) is 0 Å². The van der Waals surface area contributed by atoms with Crippen LogP contribution in [0.2, 0.25) is 0 Å². The molecule has 3 nitrogen and oxygen atoms in total. The van der Waals surface area contributed by atoms with Crippen LogP contribution in [0.25, 0.3) is 0 Å². The molecule has 2 rings (SSSR count). The number of nitrogens with one attached hydrogen (secondary N) is 1. The molecule has 1 fully saturated rings. The number of rotatable bonds is 6. The molecule has 1 aromatic carbocycles. The van der Waals surface area contributed by atoms with E-state index in [0.29, 0.717) is 12.5 Å². The van der Waals surface area contributed by atoms with E-state index < -0.39 is 0 Å². The minimum Gasteiger partial charge on any atom is -0.497 e. The minimum atomic E-state index is 0.409. The van der Waals surface area contributed by atoms with Crippen molar-refractivity contribution >= 4 is 0 Å². The number of hydrogen-bond donors (Lipinski definition) is 2. The van der Waals surface area contributed by atoms with E-state index in [0.717, 1.165) is 18.3 Å². The molecule has 1 aromatic rings. The Morgan fingerprint density at radius 2 is 2.06 bits per heavy atom. The highest BCUT2D eigenvalue weighted by atomic mass is 16.5. The number of methoxy groups -OCH3 is 1. The molecule has 88 valence electrons. The molecule has 1 aliphatic rings. The predicted octanol–water partition coefficient (Wildman–Crippen LogP) is 1.49. The first-order valence-corrected chi connectivity index (χ1v) is 5.91.